The zero-order valence-corrected chi connectivity index (χ0v) is 21.0. The average molecular weight is 485 g/mol. The van der Waals surface area contributed by atoms with Crippen molar-refractivity contribution in [2.75, 3.05) is 17.3 Å². The van der Waals surface area contributed by atoms with Gasteiger partial charge in [0.15, 0.2) is 10.1 Å². The molecule has 1 saturated carbocycles. The summed E-state index contributed by atoms with van der Waals surface area (Å²) in [6.45, 7) is 8.41. The lowest BCUT2D eigenvalue weighted by molar-refractivity contribution is -0.118. The van der Waals surface area contributed by atoms with Crippen LogP contribution < -0.4 is 9.64 Å². The van der Waals surface area contributed by atoms with Crippen molar-refractivity contribution >= 4 is 39.9 Å². The fourth-order valence-corrected chi connectivity index (χ4v) is 5.65. The molecule has 1 aliphatic rings. The molecule has 0 N–H and O–H groups in total. The van der Waals surface area contributed by atoms with Gasteiger partial charge in [-0.25, -0.2) is 0 Å². The number of hydrogen-bond donors (Lipinski definition) is 0. The highest BCUT2D eigenvalue weighted by Gasteiger charge is 2.35. The number of thioether (sulfide) groups is 1. The van der Waals surface area contributed by atoms with Gasteiger partial charge in [-0.15, -0.1) is 10.2 Å². The third kappa shape index (κ3) is 5.14. The van der Waals surface area contributed by atoms with Gasteiger partial charge >= 0.3 is 0 Å². The molecule has 0 bridgehead atoms. The van der Waals surface area contributed by atoms with E-state index in [0.29, 0.717) is 28.1 Å². The smallest absolute Gasteiger partial charge is 0.228 e. The van der Waals surface area contributed by atoms with Crippen LogP contribution in [0.1, 0.15) is 54.9 Å². The molecule has 7 nitrogen and oxygen atoms in total. The number of ketones is 1. The van der Waals surface area contributed by atoms with Crippen LogP contribution in [0.4, 0.5) is 5.13 Å². The molecule has 33 heavy (non-hydrogen) atoms. The minimum absolute atomic E-state index is 0.0470. The molecule has 9 heteroatoms. The Morgan fingerprint density at radius 1 is 1.18 bits per heavy atom. The number of carbonyl (C=O) groups is 2. The predicted molar refractivity (Wildman–Crippen MR) is 132 cm³/mol. The molecule has 2 aromatic heterocycles. The van der Waals surface area contributed by atoms with E-state index in [1.54, 1.807) is 4.90 Å². The second-order valence-corrected chi connectivity index (χ2v) is 10.1. The lowest BCUT2D eigenvalue weighted by Crippen LogP contribution is -2.32. The zero-order valence-electron chi connectivity index (χ0n) is 19.3. The molecule has 0 aliphatic heterocycles. The van der Waals surface area contributed by atoms with Crippen molar-refractivity contribution in [1.82, 2.24) is 14.8 Å². The van der Waals surface area contributed by atoms with E-state index < -0.39 is 0 Å². The van der Waals surface area contributed by atoms with Crippen molar-refractivity contribution in [2.24, 2.45) is 0 Å². The summed E-state index contributed by atoms with van der Waals surface area (Å²) in [7, 11) is 0. The van der Waals surface area contributed by atoms with Crippen molar-refractivity contribution in [3.63, 3.8) is 0 Å². The van der Waals surface area contributed by atoms with Gasteiger partial charge in [-0.1, -0.05) is 30.0 Å². The van der Waals surface area contributed by atoms with E-state index in [-0.39, 0.29) is 23.5 Å². The summed E-state index contributed by atoms with van der Waals surface area (Å²) < 4.78 is 8.31. The van der Waals surface area contributed by atoms with Crippen LogP contribution >= 0.6 is 23.1 Å². The topological polar surface area (TPSA) is 77.3 Å². The molecule has 0 saturated heterocycles. The van der Waals surface area contributed by atoms with Crippen molar-refractivity contribution in [3.05, 3.63) is 47.3 Å². The Balaban J connectivity index is 1.45. The first-order valence-corrected chi connectivity index (χ1v) is 13.0. The van der Waals surface area contributed by atoms with Gasteiger partial charge in [0, 0.05) is 35.1 Å². The van der Waals surface area contributed by atoms with Gasteiger partial charge in [-0.05, 0) is 63.9 Å². The average Bonchev–Trinajstić information content (AvgIpc) is 3.45. The number of anilines is 1. The number of amides is 1. The Morgan fingerprint density at radius 2 is 1.91 bits per heavy atom. The maximum atomic E-state index is 13.0. The molecule has 0 radical (unpaired) electrons. The number of nitrogens with zero attached hydrogens (tertiary/aromatic N) is 4. The number of hydrogen-bond acceptors (Lipinski definition) is 7. The molecule has 1 aliphatic carbocycles. The van der Waals surface area contributed by atoms with E-state index >= 15 is 0 Å². The van der Waals surface area contributed by atoms with Crippen molar-refractivity contribution in [1.29, 1.82) is 0 Å². The summed E-state index contributed by atoms with van der Waals surface area (Å²) in [5, 5.41) is 9.07. The highest BCUT2D eigenvalue weighted by Crippen LogP contribution is 2.36. The summed E-state index contributed by atoms with van der Waals surface area (Å²) in [6, 6.07) is 10.1. The lowest BCUT2D eigenvalue weighted by atomic mass is 10.2. The third-order valence-corrected chi connectivity index (χ3v) is 7.61. The Morgan fingerprint density at radius 3 is 2.55 bits per heavy atom. The van der Waals surface area contributed by atoms with Gasteiger partial charge in [0.25, 0.3) is 0 Å². The first-order valence-electron chi connectivity index (χ1n) is 11.2. The van der Waals surface area contributed by atoms with Crippen LogP contribution in [-0.4, -0.2) is 44.9 Å². The van der Waals surface area contributed by atoms with Crippen LogP contribution in [0.25, 0.3) is 5.69 Å². The summed E-state index contributed by atoms with van der Waals surface area (Å²) in [6.07, 6.45) is 2.47. The van der Waals surface area contributed by atoms with Crippen LogP contribution in [0.15, 0.2) is 34.7 Å². The first kappa shape index (κ1) is 23.5. The highest BCUT2D eigenvalue weighted by molar-refractivity contribution is 8.01. The van der Waals surface area contributed by atoms with Gasteiger partial charge in [0.05, 0.1) is 12.4 Å². The van der Waals surface area contributed by atoms with Crippen molar-refractivity contribution < 1.29 is 14.3 Å². The molecular weight excluding hydrogens is 456 g/mol. The second kappa shape index (κ2) is 10.1. The molecule has 0 unspecified atom stereocenters. The normalized spacial score (nSPS) is 13.2. The van der Waals surface area contributed by atoms with E-state index in [9.17, 15) is 9.59 Å². The minimum Gasteiger partial charge on any atom is -0.494 e. The predicted octanol–water partition coefficient (Wildman–Crippen LogP) is 5.22. The number of rotatable bonds is 10. The first-order chi connectivity index (χ1) is 15.9. The summed E-state index contributed by atoms with van der Waals surface area (Å²) >= 11 is 2.75. The van der Waals surface area contributed by atoms with Crippen LogP contribution in [0, 0.1) is 13.8 Å². The summed E-state index contributed by atoms with van der Waals surface area (Å²) in [5.74, 6) is 1.22. The zero-order chi connectivity index (χ0) is 23.5. The summed E-state index contributed by atoms with van der Waals surface area (Å²) in [5.41, 5.74) is 3.61. The molecule has 4 rings (SSSR count). The summed E-state index contributed by atoms with van der Waals surface area (Å²) in [4.78, 5) is 27.1. The highest BCUT2D eigenvalue weighted by atomic mass is 32.2. The lowest BCUT2D eigenvalue weighted by Gasteiger charge is -2.17. The number of aryl methyl sites for hydroxylation is 1. The SMILES string of the molecule is CCOc1ccc(-n2c(C)cc(C(=O)CSc3nnc(N(C(=O)CC)C4CC4)s3)c2C)cc1. The quantitative estimate of drug-likeness (QED) is 0.223. The number of ether oxygens (including phenoxy) is 1. The Labute approximate surface area is 202 Å². The Hall–Kier alpha value is -2.65. The molecule has 1 aromatic carbocycles. The largest absolute Gasteiger partial charge is 0.494 e. The number of aromatic nitrogens is 3. The molecule has 0 spiro atoms. The van der Waals surface area contributed by atoms with E-state index in [4.69, 9.17) is 4.74 Å². The number of carbonyl (C=O) groups excluding carboxylic acids is 2. The Kier molecular flexibility index (Phi) is 7.19. The van der Waals surface area contributed by atoms with Crippen LogP contribution in [0.3, 0.4) is 0 Å². The van der Waals surface area contributed by atoms with E-state index in [1.165, 1.54) is 23.1 Å². The molecule has 0 atom stereocenters. The third-order valence-electron chi connectivity index (χ3n) is 5.55. The van der Waals surface area contributed by atoms with Gasteiger partial charge in [0.1, 0.15) is 5.75 Å². The van der Waals surface area contributed by atoms with Crippen LogP contribution in [-0.2, 0) is 4.79 Å². The molecule has 1 fully saturated rings. The van der Waals surface area contributed by atoms with Crippen molar-refractivity contribution in [3.8, 4) is 11.4 Å². The van der Waals surface area contributed by atoms with Gasteiger partial charge in [-0.2, -0.15) is 0 Å². The molecular formula is C24H28N4O3S2. The maximum Gasteiger partial charge on any atom is 0.228 e. The van der Waals surface area contributed by atoms with Gasteiger partial charge in [0.2, 0.25) is 11.0 Å². The molecule has 174 valence electrons. The van der Waals surface area contributed by atoms with Crippen LogP contribution in [0.5, 0.6) is 5.75 Å². The van der Waals surface area contributed by atoms with Crippen LogP contribution in [0.2, 0.25) is 0 Å². The Bertz CT molecular complexity index is 1150. The van der Waals surface area contributed by atoms with Crippen molar-refractivity contribution in [2.45, 2.75) is 57.3 Å². The fourth-order valence-electron chi connectivity index (χ4n) is 3.83. The fraction of sp³-hybridized carbons (Fsp3) is 0.417. The minimum atomic E-state index is 0.0470. The number of Topliss-reactive ketones (excluding diaryl/α,β-unsaturated/α-hetero) is 1. The maximum absolute atomic E-state index is 13.0. The standard InChI is InChI=1S/C24H28N4O3S2/c1-5-22(30)28(18-7-8-18)23-25-26-24(33-23)32-14-21(29)20-13-15(3)27(16(20)4)17-9-11-19(12-10-17)31-6-2/h9-13,18H,5-8,14H2,1-4H3. The second-order valence-electron chi connectivity index (χ2n) is 7.96. The number of benzene rings is 1. The molecule has 3 aromatic rings. The molecule has 1 amide bonds. The van der Waals surface area contributed by atoms with Gasteiger partial charge in [-0.3, -0.25) is 14.5 Å². The van der Waals surface area contributed by atoms with E-state index in [2.05, 4.69) is 14.8 Å². The molecule has 2 heterocycles. The van der Waals surface area contributed by atoms with E-state index in [1.807, 2.05) is 58.0 Å². The van der Waals surface area contributed by atoms with E-state index in [0.717, 1.165) is 35.7 Å². The monoisotopic (exact) mass is 484 g/mol. The van der Waals surface area contributed by atoms with Gasteiger partial charge < -0.3 is 9.30 Å².